The van der Waals surface area contributed by atoms with Crippen LogP contribution in [0.25, 0.3) is 0 Å². The Morgan fingerprint density at radius 2 is 2.00 bits per heavy atom. The highest BCUT2D eigenvalue weighted by molar-refractivity contribution is 5.43. The number of hydrogen-bond donors (Lipinski definition) is 0. The molecule has 17 heavy (non-hydrogen) atoms. The second-order valence-corrected chi connectivity index (χ2v) is 5.16. The van der Waals surface area contributed by atoms with Crippen LogP contribution in [0.15, 0.2) is 47.6 Å². The van der Waals surface area contributed by atoms with E-state index in [9.17, 15) is 0 Å². The minimum atomic E-state index is 0.810. The SMILES string of the molecule is CCC1C=C(C2=C/CC/C=C/C=C\2)CC1CC. The summed E-state index contributed by atoms with van der Waals surface area (Å²) in [5.41, 5.74) is 3.07. The van der Waals surface area contributed by atoms with E-state index in [-0.39, 0.29) is 0 Å². The lowest BCUT2D eigenvalue weighted by Crippen LogP contribution is -2.05. The summed E-state index contributed by atoms with van der Waals surface area (Å²) in [5, 5.41) is 0. The van der Waals surface area contributed by atoms with E-state index in [0.717, 1.165) is 11.8 Å². The smallest absolute Gasteiger partial charge is 0.0199 e. The maximum atomic E-state index is 2.54. The van der Waals surface area contributed by atoms with Gasteiger partial charge in [-0.1, -0.05) is 56.7 Å². The molecule has 0 spiro atoms. The molecule has 0 radical (unpaired) electrons. The van der Waals surface area contributed by atoms with E-state index in [4.69, 9.17) is 0 Å². The van der Waals surface area contributed by atoms with Gasteiger partial charge in [0.15, 0.2) is 0 Å². The van der Waals surface area contributed by atoms with Crippen LogP contribution in [0.5, 0.6) is 0 Å². The Kier molecular flexibility index (Phi) is 4.42. The normalized spacial score (nSPS) is 35.4. The van der Waals surface area contributed by atoms with E-state index in [1.54, 1.807) is 5.57 Å². The van der Waals surface area contributed by atoms with Gasteiger partial charge in [0.1, 0.15) is 0 Å². The third-order valence-corrected chi connectivity index (χ3v) is 4.09. The fraction of sp³-hybridized carbons (Fsp3) is 0.529. The van der Waals surface area contributed by atoms with E-state index in [1.165, 1.54) is 37.7 Å². The first-order chi connectivity index (χ1) is 8.35. The van der Waals surface area contributed by atoms with Crippen LogP contribution in [-0.4, -0.2) is 0 Å². The van der Waals surface area contributed by atoms with Crippen molar-refractivity contribution in [3.63, 3.8) is 0 Å². The Labute approximate surface area is 106 Å². The highest BCUT2D eigenvalue weighted by Gasteiger charge is 2.25. The Hall–Kier alpha value is -1.04. The van der Waals surface area contributed by atoms with Crippen molar-refractivity contribution in [2.75, 3.05) is 0 Å². The summed E-state index contributed by atoms with van der Waals surface area (Å²) in [6.07, 6.45) is 20.1. The number of rotatable bonds is 3. The monoisotopic (exact) mass is 228 g/mol. The van der Waals surface area contributed by atoms with Gasteiger partial charge in [0.05, 0.1) is 0 Å². The summed E-state index contributed by atoms with van der Waals surface area (Å²) in [4.78, 5) is 0. The van der Waals surface area contributed by atoms with Crippen molar-refractivity contribution < 1.29 is 0 Å². The minimum Gasteiger partial charge on any atom is -0.0842 e. The van der Waals surface area contributed by atoms with E-state index in [1.807, 2.05) is 0 Å². The van der Waals surface area contributed by atoms with Crippen molar-refractivity contribution in [3.8, 4) is 0 Å². The number of hydrogen-bond acceptors (Lipinski definition) is 0. The van der Waals surface area contributed by atoms with Crippen molar-refractivity contribution in [2.45, 2.75) is 46.0 Å². The lowest BCUT2D eigenvalue weighted by Gasteiger charge is -2.14. The second-order valence-electron chi connectivity index (χ2n) is 5.16. The van der Waals surface area contributed by atoms with Crippen LogP contribution in [-0.2, 0) is 0 Å². The van der Waals surface area contributed by atoms with Crippen LogP contribution in [0, 0.1) is 11.8 Å². The molecular formula is C17H24. The Morgan fingerprint density at radius 3 is 2.71 bits per heavy atom. The van der Waals surface area contributed by atoms with E-state index in [0.29, 0.717) is 0 Å². The lowest BCUT2D eigenvalue weighted by molar-refractivity contribution is 0.400. The summed E-state index contributed by atoms with van der Waals surface area (Å²) in [6, 6.07) is 0. The molecule has 2 atom stereocenters. The summed E-state index contributed by atoms with van der Waals surface area (Å²) in [5.74, 6) is 1.69. The van der Waals surface area contributed by atoms with Gasteiger partial charge < -0.3 is 0 Å². The first kappa shape index (κ1) is 12.4. The van der Waals surface area contributed by atoms with Crippen LogP contribution >= 0.6 is 0 Å². The molecule has 0 fully saturated rings. The molecule has 0 saturated carbocycles. The van der Waals surface area contributed by atoms with Crippen LogP contribution in [0.1, 0.15) is 46.0 Å². The molecule has 0 aromatic rings. The molecule has 0 saturated heterocycles. The fourth-order valence-electron chi connectivity index (χ4n) is 2.98. The third-order valence-electron chi connectivity index (χ3n) is 4.09. The Balaban J connectivity index is 2.15. The first-order valence-corrected chi connectivity index (χ1v) is 7.09. The van der Waals surface area contributed by atoms with Gasteiger partial charge in [0.2, 0.25) is 0 Å². The molecule has 0 bridgehead atoms. The largest absolute Gasteiger partial charge is 0.0842 e. The molecule has 0 heterocycles. The average Bonchev–Trinajstić information content (AvgIpc) is 2.71. The molecule has 0 aromatic carbocycles. The van der Waals surface area contributed by atoms with E-state index >= 15 is 0 Å². The molecule has 92 valence electrons. The highest BCUT2D eigenvalue weighted by Crippen LogP contribution is 2.38. The molecule has 0 N–H and O–H groups in total. The van der Waals surface area contributed by atoms with Crippen molar-refractivity contribution >= 4 is 0 Å². The quantitative estimate of drug-likeness (QED) is 0.622. The van der Waals surface area contributed by atoms with Crippen LogP contribution in [0.4, 0.5) is 0 Å². The van der Waals surface area contributed by atoms with Gasteiger partial charge in [0, 0.05) is 0 Å². The topological polar surface area (TPSA) is 0 Å². The highest BCUT2D eigenvalue weighted by atomic mass is 14.3. The second kappa shape index (κ2) is 6.05. The standard InChI is InChI=1S/C17H24/c1-3-14-12-17(13-15(14)4-2)16-10-8-6-5-7-9-11-16/h5-6,8,10-12,14-15H,3-4,7,9,13H2,1-2H3/b6-5+,10-8-,16-11+. The van der Waals surface area contributed by atoms with Gasteiger partial charge in [-0.3, -0.25) is 0 Å². The van der Waals surface area contributed by atoms with Gasteiger partial charge in [0.25, 0.3) is 0 Å². The molecule has 0 amide bonds. The summed E-state index contributed by atoms with van der Waals surface area (Å²) in [6.45, 7) is 4.65. The Bertz CT molecular complexity index is 365. The first-order valence-electron chi connectivity index (χ1n) is 7.09. The molecule has 0 aromatic heterocycles. The Morgan fingerprint density at radius 1 is 1.12 bits per heavy atom. The molecule has 0 nitrogen and oxygen atoms in total. The number of allylic oxidation sites excluding steroid dienone is 8. The zero-order valence-electron chi connectivity index (χ0n) is 11.2. The molecule has 2 aliphatic carbocycles. The van der Waals surface area contributed by atoms with Crippen LogP contribution in [0.2, 0.25) is 0 Å². The third kappa shape index (κ3) is 3.00. The van der Waals surface area contributed by atoms with E-state index in [2.05, 4.69) is 50.3 Å². The van der Waals surface area contributed by atoms with Crippen LogP contribution in [0.3, 0.4) is 0 Å². The van der Waals surface area contributed by atoms with E-state index < -0.39 is 0 Å². The van der Waals surface area contributed by atoms with Gasteiger partial charge in [-0.15, -0.1) is 0 Å². The zero-order valence-corrected chi connectivity index (χ0v) is 11.2. The van der Waals surface area contributed by atoms with Crippen molar-refractivity contribution in [2.24, 2.45) is 11.8 Å². The predicted octanol–water partition coefficient (Wildman–Crippen LogP) is 5.20. The summed E-state index contributed by atoms with van der Waals surface area (Å²) in [7, 11) is 0. The summed E-state index contributed by atoms with van der Waals surface area (Å²) < 4.78 is 0. The molecular weight excluding hydrogens is 204 g/mol. The zero-order chi connectivity index (χ0) is 12.1. The fourth-order valence-corrected chi connectivity index (χ4v) is 2.98. The van der Waals surface area contributed by atoms with Crippen molar-refractivity contribution in [1.82, 2.24) is 0 Å². The minimum absolute atomic E-state index is 0.810. The van der Waals surface area contributed by atoms with Crippen molar-refractivity contribution in [1.29, 1.82) is 0 Å². The predicted molar refractivity (Wildman–Crippen MR) is 75.9 cm³/mol. The molecule has 0 aliphatic heterocycles. The van der Waals surface area contributed by atoms with Gasteiger partial charge >= 0.3 is 0 Å². The maximum absolute atomic E-state index is 2.54. The van der Waals surface area contributed by atoms with Gasteiger partial charge in [-0.2, -0.15) is 0 Å². The summed E-state index contributed by atoms with van der Waals surface area (Å²) >= 11 is 0. The van der Waals surface area contributed by atoms with Crippen molar-refractivity contribution in [3.05, 3.63) is 47.6 Å². The molecule has 2 aliphatic rings. The molecule has 2 rings (SSSR count). The molecule has 2 unspecified atom stereocenters. The van der Waals surface area contributed by atoms with Gasteiger partial charge in [-0.25, -0.2) is 0 Å². The van der Waals surface area contributed by atoms with Crippen LogP contribution < -0.4 is 0 Å². The lowest BCUT2D eigenvalue weighted by atomic mass is 9.90. The molecule has 0 heteroatoms. The van der Waals surface area contributed by atoms with Gasteiger partial charge in [-0.05, 0) is 48.7 Å². The average molecular weight is 228 g/mol. The maximum Gasteiger partial charge on any atom is -0.0199 e.